The number of phenolic OH excluding ortho intramolecular Hbond substituents is 1. The van der Waals surface area contributed by atoms with Crippen molar-refractivity contribution in [3.8, 4) is 5.75 Å². The van der Waals surface area contributed by atoms with Crippen LogP contribution >= 0.6 is 0 Å². The Morgan fingerprint density at radius 2 is 1.78 bits per heavy atom. The highest BCUT2D eigenvalue weighted by atomic mass is 16.5. The Bertz CT molecular complexity index is 618. The maximum Gasteiger partial charge on any atom is 0.328 e. The van der Waals surface area contributed by atoms with Gasteiger partial charge in [-0.3, -0.25) is 9.59 Å². The van der Waals surface area contributed by atoms with Gasteiger partial charge in [0.05, 0.1) is 6.61 Å². The summed E-state index contributed by atoms with van der Waals surface area (Å²) in [5, 5.41) is 14.6. The molecule has 8 heteroatoms. The Morgan fingerprint density at radius 1 is 1.11 bits per heavy atom. The lowest BCUT2D eigenvalue weighted by Gasteiger charge is -2.22. The highest BCUT2D eigenvalue weighted by molar-refractivity contribution is 5.90. The lowest BCUT2D eigenvalue weighted by atomic mass is 10.0. The lowest BCUT2D eigenvalue weighted by Crippen LogP contribution is -2.52. The number of carbonyl (C=O) groups excluding carboxylic acids is 3. The first kappa shape index (κ1) is 22.4. The molecule has 0 aromatic heterocycles. The van der Waals surface area contributed by atoms with E-state index >= 15 is 0 Å². The van der Waals surface area contributed by atoms with E-state index in [4.69, 9.17) is 10.5 Å². The van der Waals surface area contributed by atoms with Gasteiger partial charge in [-0.2, -0.15) is 0 Å². The number of amides is 2. The molecular formula is C19H29N3O5. The van der Waals surface area contributed by atoms with Crippen molar-refractivity contribution in [1.82, 2.24) is 10.6 Å². The summed E-state index contributed by atoms with van der Waals surface area (Å²) >= 11 is 0. The van der Waals surface area contributed by atoms with E-state index < -0.39 is 24.0 Å². The van der Waals surface area contributed by atoms with E-state index in [-0.39, 0.29) is 24.7 Å². The summed E-state index contributed by atoms with van der Waals surface area (Å²) in [4.78, 5) is 36.3. The normalized spacial score (nSPS) is 12.7. The van der Waals surface area contributed by atoms with Crippen LogP contribution < -0.4 is 16.4 Å². The van der Waals surface area contributed by atoms with E-state index in [1.165, 1.54) is 19.1 Å². The zero-order valence-corrected chi connectivity index (χ0v) is 15.9. The Kier molecular flexibility index (Phi) is 9.89. The van der Waals surface area contributed by atoms with Crippen molar-refractivity contribution < 1.29 is 24.2 Å². The minimum Gasteiger partial charge on any atom is -0.508 e. The molecule has 0 bridgehead atoms. The number of hydrogen-bond donors (Lipinski definition) is 4. The van der Waals surface area contributed by atoms with Gasteiger partial charge in [0.2, 0.25) is 11.8 Å². The summed E-state index contributed by atoms with van der Waals surface area (Å²) in [7, 11) is 0. The molecule has 0 saturated carbocycles. The van der Waals surface area contributed by atoms with Crippen LogP contribution in [0.5, 0.6) is 5.75 Å². The minimum atomic E-state index is -0.849. The molecule has 0 aliphatic heterocycles. The summed E-state index contributed by atoms with van der Waals surface area (Å²) in [5.74, 6) is -1.22. The van der Waals surface area contributed by atoms with E-state index in [1.54, 1.807) is 19.1 Å². The van der Waals surface area contributed by atoms with E-state index in [1.807, 2.05) is 0 Å². The van der Waals surface area contributed by atoms with E-state index in [9.17, 15) is 19.5 Å². The molecule has 0 aliphatic rings. The van der Waals surface area contributed by atoms with Crippen LogP contribution in [0.15, 0.2) is 24.3 Å². The molecule has 0 radical (unpaired) electrons. The van der Waals surface area contributed by atoms with Crippen LogP contribution in [-0.2, 0) is 25.5 Å². The van der Waals surface area contributed by atoms with E-state index in [2.05, 4.69) is 10.6 Å². The Balaban J connectivity index is 2.84. The Hall–Kier alpha value is -2.61. The number of hydrogen-bond acceptors (Lipinski definition) is 6. The Morgan fingerprint density at radius 3 is 2.33 bits per heavy atom. The SMILES string of the molecule is CCOC(=O)[C@H](CCCCN)NC(=O)[C@H](Cc1ccc(O)cc1)NC(C)=O. The molecule has 1 aromatic carbocycles. The topological polar surface area (TPSA) is 131 Å². The molecule has 5 N–H and O–H groups in total. The quantitative estimate of drug-likeness (QED) is 0.329. The van der Waals surface area contributed by atoms with Crippen molar-refractivity contribution in [3.63, 3.8) is 0 Å². The number of carbonyl (C=O) groups is 3. The number of benzene rings is 1. The zero-order valence-electron chi connectivity index (χ0n) is 15.9. The summed E-state index contributed by atoms with van der Waals surface area (Å²) < 4.78 is 5.03. The van der Waals surface area contributed by atoms with E-state index in [0.717, 1.165) is 12.0 Å². The van der Waals surface area contributed by atoms with Crippen LogP contribution in [0.4, 0.5) is 0 Å². The van der Waals surface area contributed by atoms with Crippen molar-refractivity contribution >= 4 is 17.8 Å². The summed E-state index contributed by atoms with van der Waals surface area (Å²) in [6, 6.07) is 4.71. The zero-order chi connectivity index (χ0) is 20.2. The Labute approximate surface area is 159 Å². The number of unbranched alkanes of at least 4 members (excludes halogenated alkanes) is 1. The van der Waals surface area contributed by atoms with Crippen molar-refractivity contribution in [2.75, 3.05) is 13.2 Å². The number of ether oxygens (including phenoxy) is 1. The second-order valence-electron chi connectivity index (χ2n) is 6.22. The second kappa shape index (κ2) is 11.9. The van der Waals surface area contributed by atoms with Crippen LogP contribution in [0.1, 0.15) is 38.7 Å². The monoisotopic (exact) mass is 379 g/mol. The van der Waals surface area contributed by atoms with Gasteiger partial charge in [-0.25, -0.2) is 4.79 Å². The summed E-state index contributed by atoms with van der Waals surface area (Å²) in [5.41, 5.74) is 6.24. The fourth-order valence-corrected chi connectivity index (χ4v) is 2.58. The molecule has 1 aromatic rings. The number of nitrogens with one attached hydrogen (secondary N) is 2. The molecule has 0 spiro atoms. The number of phenols is 1. The summed E-state index contributed by atoms with van der Waals surface area (Å²) in [6.07, 6.45) is 2.04. The molecule has 27 heavy (non-hydrogen) atoms. The molecule has 0 saturated heterocycles. The molecular weight excluding hydrogens is 350 g/mol. The molecule has 150 valence electrons. The first-order valence-electron chi connectivity index (χ1n) is 9.09. The molecule has 2 atom stereocenters. The molecule has 0 fully saturated rings. The average Bonchev–Trinajstić information content (AvgIpc) is 2.62. The first-order valence-corrected chi connectivity index (χ1v) is 9.09. The third-order valence-corrected chi connectivity index (χ3v) is 3.90. The van der Waals surface area contributed by atoms with Gasteiger partial charge in [0.25, 0.3) is 0 Å². The highest BCUT2D eigenvalue weighted by Gasteiger charge is 2.27. The number of rotatable bonds is 11. The predicted octanol–water partition coefficient (Wildman–Crippen LogP) is 0.616. The largest absolute Gasteiger partial charge is 0.508 e. The predicted molar refractivity (Wildman–Crippen MR) is 101 cm³/mol. The van der Waals surface area contributed by atoms with E-state index in [0.29, 0.717) is 19.4 Å². The number of esters is 1. The molecule has 0 aliphatic carbocycles. The van der Waals surface area contributed by atoms with Crippen molar-refractivity contribution in [3.05, 3.63) is 29.8 Å². The van der Waals surface area contributed by atoms with Crippen LogP contribution in [0.3, 0.4) is 0 Å². The fraction of sp³-hybridized carbons (Fsp3) is 0.526. The number of aromatic hydroxyl groups is 1. The lowest BCUT2D eigenvalue weighted by molar-refractivity contribution is -0.147. The maximum absolute atomic E-state index is 12.7. The molecule has 8 nitrogen and oxygen atoms in total. The van der Waals surface area contributed by atoms with Gasteiger partial charge >= 0.3 is 5.97 Å². The standard InChI is InChI=1S/C19H29N3O5/c1-3-27-19(26)16(6-4-5-11-20)22-18(25)17(21-13(2)23)12-14-7-9-15(24)10-8-14/h7-10,16-17,24H,3-6,11-12,20H2,1-2H3,(H,21,23)(H,22,25)/t16-,17-/m0/s1. The van der Waals surface area contributed by atoms with Gasteiger partial charge in [0.15, 0.2) is 0 Å². The van der Waals surface area contributed by atoms with Crippen LogP contribution in [0, 0.1) is 0 Å². The smallest absolute Gasteiger partial charge is 0.328 e. The number of nitrogens with two attached hydrogens (primary N) is 1. The third-order valence-electron chi connectivity index (χ3n) is 3.90. The molecule has 0 unspecified atom stereocenters. The third kappa shape index (κ3) is 8.54. The molecule has 2 amide bonds. The molecule has 0 heterocycles. The minimum absolute atomic E-state index is 0.113. The first-order chi connectivity index (χ1) is 12.9. The van der Waals surface area contributed by atoms with Gasteiger partial charge in [-0.05, 0) is 50.4 Å². The maximum atomic E-state index is 12.7. The van der Waals surface area contributed by atoms with Gasteiger partial charge < -0.3 is 26.2 Å². The van der Waals surface area contributed by atoms with Crippen molar-refractivity contribution in [1.29, 1.82) is 0 Å². The van der Waals surface area contributed by atoms with Crippen LogP contribution in [0.25, 0.3) is 0 Å². The van der Waals surface area contributed by atoms with Crippen molar-refractivity contribution in [2.45, 2.75) is 51.6 Å². The van der Waals surface area contributed by atoms with Gasteiger partial charge in [-0.1, -0.05) is 12.1 Å². The highest BCUT2D eigenvalue weighted by Crippen LogP contribution is 2.12. The van der Waals surface area contributed by atoms with Gasteiger partial charge in [0.1, 0.15) is 17.8 Å². The van der Waals surface area contributed by atoms with Crippen LogP contribution in [-0.4, -0.2) is 48.1 Å². The molecule has 1 rings (SSSR count). The van der Waals surface area contributed by atoms with Crippen LogP contribution in [0.2, 0.25) is 0 Å². The van der Waals surface area contributed by atoms with Gasteiger partial charge in [0, 0.05) is 13.3 Å². The fourth-order valence-electron chi connectivity index (χ4n) is 2.58. The average molecular weight is 379 g/mol. The summed E-state index contributed by atoms with van der Waals surface area (Å²) in [6.45, 7) is 3.73. The van der Waals surface area contributed by atoms with Gasteiger partial charge in [-0.15, -0.1) is 0 Å². The van der Waals surface area contributed by atoms with Crippen molar-refractivity contribution in [2.24, 2.45) is 5.73 Å². The second-order valence-corrected chi connectivity index (χ2v) is 6.22.